The van der Waals surface area contributed by atoms with Crippen LogP contribution in [-0.2, 0) is 0 Å². The zero-order valence-corrected chi connectivity index (χ0v) is 14.9. The summed E-state index contributed by atoms with van der Waals surface area (Å²) in [6.07, 6.45) is 6.26. The van der Waals surface area contributed by atoms with Crippen LogP contribution in [0, 0.1) is 11.7 Å². The normalized spacial score (nSPS) is 20.4. The van der Waals surface area contributed by atoms with Gasteiger partial charge >= 0.3 is 0 Å². The first-order chi connectivity index (χ1) is 12.7. The van der Waals surface area contributed by atoms with E-state index >= 15 is 0 Å². The van der Waals surface area contributed by atoms with Gasteiger partial charge in [-0.3, -0.25) is 5.10 Å². The lowest BCUT2D eigenvalue weighted by Gasteiger charge is -2.31. The molecule has 2 atom stereocenters. The van der Waals surface area contributed by atoms with Gasteiger partial charge in [-0.15, -0.1) is 0 Å². The van der Waals surface area contributed by atoms with Gasteiger partial charge in [0.1, 0.15) is 11.3 Å². The van der Waals surface area contributed by atoms with Crippen LogP contribution < -0.4 is 11.1 Å². The standard InChI is InChI=1S/C18H20ClFN6/c19-12-6-3-5-11(15(12)20)16-17-18(26-25-16)24-14(9-22-17)23-13-7-2-1-4-10(13)8-21/h3,5-6,9-10,13H,1-2,4,7-8,21H2,(H2,23,24,25,26)/t10-,13+/m1/s1. The average molecular weight is 375 g/mol. The monoisotopic (exact) mass is 374 g/mol. The number of anilines is 1. The lowest BCUT2D eigenvalue weighted by Crippen LogP contribution is -2.36. The van der Waals surface area contributed by atoms with Crippen LogP contribution in [0.2, 0.25) is 5.02 Å². The number of rotatable bonds is 4. The molecule has 136 valence electrons. The number of nitrogens with one attached hydrogen (secondary N) is 2. The summed E-state index contributed by atoms with van der Waals surface area (Å²) in [5.74, 6) is 0.598. The van der Waals surface area contributed by atoms with Crippen LogP contribution in [-0.4, -0.2) is 32.8 Å². The maximum atomic E-state index is 14.3. The largest absolute Gasteiger partial charge is 0.366 e. The van der Waals surface area contributed by atoms with E-state index in [0.29, 0.717) is 46.7 Å². The van der Waals surface area contributed by atoms with Crippen molar-refractivity contribution in [3.8, 4) is 11.3 Å². The van der Waals surface area contributed by atoms with Crippen molar-refractivity contribution in [1.82, 2.24) is 20.2 Å². The Morgan fingerprint density at radius 1 is 1.31 bits per heavy atom. The highest BCUT2D eigenvalue weighted by atomic mass is 35.5. The third-order valence-electron chi connectivity index (χ3n) is 5.03. The fourth-order valence-electron chi connectivity index (χ4n) is 3.62. The summed E-state index contributed by atoms with van der Waals surface area (Å²) in [6, 6.07) is 5.12. The molecule has 4 N–H and O–H groups in total. The van der Waals surface area contributed by atoms with Crippen LogP contribution in [0.1, 0.15) is 25.7 Å². The molecule has 0 radical (unpaired) electrons. The van der Waals surface area contributed by atoms with Crippen molar-refractivity contribution in [2.24, 2.45) is 11.7 Å². The van der Waals surface area contributed by atoms with Gasteiger partial charge in [-0.2, -0.15) is 5.10 Å². The number of hydrogen-bond donors (Lipinski definition) is 3. The van der Waals surface area contributed by atoms with Crippen molar-refractivity contribution in [3.63, 3.8) is 0 Å². The highest BCUT2D eigenvalue weighted by Crippen LogP contribution is 2.31. The third kappa shape index (κ3) is 3.12. The van der Waals surface area contributed by atoms with Gasteiger partial charge in [0.05, 0.1) is 16.9 Å². The van der Waals surface area contributed by atoms with Gasteiger partial charge in [-0.1, -0.05) is 30.5 Å². The molecule has 1 aromatic carbocycles. The number of benzene rings is 1. The van der Waals surface area contributed by atoms with Crippen LogP contribution in [0.5, 0.6) is 0 Å². The number of H-pyrrole nitrogens is 1. The minimum atomic E-state index is -0.503. The Morgan fingerprint density at radius 3 is 3.00 bits per heavy atom. The second-order valence-corrected chi connectivity index (χ2v) is 7.07. The third-order valence-corrected chi connectivity index (χ3v) is 5.32. The number of nitrogens with zero attached hydrogens (tertiary/aromatic N) is 3. The quantitative estimate of drug-likeness (QED) is 0.646. The van der Waals surface area contributed by atoms with Crippen LogP contribution in [0.4, 0.5) is 10.2 Å². The molecule has 6 nitrogen and oxygen atoms in total. The molecule has 3 aromatic rings. The molecule has 0 bridgehead atoms. The lowest BCUT2D eigenvalue weighted by molar-refractivity contribution is 0.332. The molecule has 2 aromatic heterocycles. The molecule has 1 fully saturated rings. The molecule has 4 rings (SSSR count). The number of hydrogen-bond acceptors (Lipinski definition) is 5. The molecular weight excluding hydrogens is 355 g/mol. The SMILES string of the molecule is NC[C@H]1CCCC[C@@H]1Nc1cnc2c(-c3cccc(Cl)c3F)[nH]nc2n1. The summed E-state index contributed by atoms with van der Waals surface area (Å²) >= 11 is 5.88. The van der Waals surface area contributed by atoms with Gasteiger partial charge in [0.15, 0.2) is 5.82 Å². The second-order valence-electron chi connectivity index (χ2n) is 6.66. The summed E-state index contributed by atoms with van der Waals surface area (Å²) < 4.78 is 14.3. The van der Waals surface area contributed by atoms with E-state index in [9.17, 15) is 4.39 Å². The number of aromatic nitrogens is 4. The van der Waals surface area contributed by atoms with Crippen LogP contribution in [0.25, 0.3) is 22.4 Å². The fourth-order valence-corrected chi connectivity index (χ4v) is 3.79. The number of halogens is 2. The lowest BCUT2D eigenvalue weighted by atomic mass is 9.84. The summed E-state index contributed by atoms with van der Waals surface area (Å²) in [6.45, 7) is 0.661. The van der Waals surface area contributed by atoms with Gasteiger partial charge in [0, 0.05) is 11.6 Å². The molecule has 1 aliphatic rings. The number of aromatic amines is 1. The Kier molecular flexibility index (Phi) is 4.74. The first kappa shape index (κ1) is 17.2. The Bertz CT molecular complexity index is 927. The highest BCUT2D eigenvalue weighted by molar-refractivity contribution is 6.31. The molecule has 8 heteroatoms. The molecule has 0 amide bonds. The molecule has 2 heterocycles. The first-order valence-corrected chi connectivity index (χ1v) is 9.17. The predicted octanol–water partition coefficient (Wildman–Crippen LogP) is 3.74. The topological polar surface area (TPSA) is 92.5 Å². The Morgan fingerprint density at radius 2 is 2.15 bits per heavy atom. The van der Waals surface area contributed by atoms with E-state index in [1.807, 2.05) is 0 Å². The summed E-state index contributed by atoms with van der Waals surface area (Å²) in [4.78, 5) is 8.97. The second kappa shape index (κ2) is 7.17. The summed E-state index contributed by atoms with van der Waals surface area (Å²) in [7, 11) is 0. The average Bonchev–Trinajstić information content (AvgIpc) is 3.07. The van der Waals surface area contributed by atoms with Crippen LogP contribution in [0.15, 0.2) is 24.4 Å². The van der Waals surface area contributed by atoms with Crippen molar-refractivity contribution >= 4 is 28.6 Å². The smallest absolute Gasteiger partial charge is 0.202 e. The molecule has 0 unspecified atom stereocenters. The molecule has 1 aliphatic carbocycles. The van der Waals surface area contributed by atoms with Gasteiger partial charge in [-0.25, -0.2) is 14.4 Å². The Labute approximate surface area is 155 Å². The van der Waals surface area contributed by atoms with Gasteiger partial charge in [0.25, 0.3) is 0 Å². The molecule has 26 heavy (non-hydrogen) atoms. The van der Waals surface area contributed by atoms with Crippen molar-refractivity contribution < 1.29 is 4.39 Å². The Hall–Kier alpha value is -2.25. The zero-order chi connectivity index (χ0) is 18.1. The molecular formula is C18H20ClFN6. The fraction of sp³-hybridized carbons (Fsp3) is 0.389. The van der Waals surface area contributed by atoms with Gasteiger partial charge < -0.3 is 11.1 Å². The van der Waals surface area contributed by atoms with Crippen molar-refractivity contribution in [1.29, 1.82) is 0 Å². The maximum absolute atomic E-state index is 14.3. The number of fused-ring (bicyclic) bond motifs is 1. The molecule has 0 aliphatic heterocycles. The van der Waals surface area contributed by atoms with Crippen molar-refractivity contribution in [2.75, 3.05) is 11.9 Å². The minimum absolute atomic E-state index is 0.0571. The summed E-state index contributed by atoms with van der Waals surface area (Å²) in [5, 5.41) is 10.5. The van der Waals surface area contributed by atoms with Gasteiger partial charge in [-0.05, 0) is 37.4 Å². The van der Waals surface area contributed by atoms with Crippen molar-refractivity contribution in [2.45, 2.75) is 31.7 Å². The van der Waals surface area contributed by atoms with E-state index < -0.39 is 5.82 Å². The van der Waals surface area contributed by atoms with Crippen molar-refractivity contribution in [3.05, 3.63) is 35.2 Å². The highest BCUT2D eigenvalue weighted by Gasteiger charge is 2.24. The molecule has 1 saturated carbocycles. The summed E-state index contributed by atoms with van der Waals surface area (Å²) in [5.41, 5.74) is 7.63. The van der Waals surface area contributed by atoms with E-state index in [1.165, 1.54) is 18.9 Å². The maximum Gasteiger partial charge on any atom is 0.202 e. The first-order valence-electron chi connectivity index (χ1n) is 8.79. The van der Waals surface area contributed by atoms with E-state index in [1.54, 1.807) is 18.3 Å². The van der Waals surface area contributed by atoms with Crippen LogP contribution >= 0.6 is 11.6 Å². The minimum Gasteiger partial charge on any atom is -0.366 e. The van der Waals surface area contributed by atoms with Crippen LogP contribution in [0.3, 0.4) is 0 Å². The van der Waals surface area contributed by atoms with E-state index in [0.717, 1.165) is 12.8 Å². The van der Waals surface area contributed by atoms with E-state index in [-0.39, 0.29) is 5.02 Å². The van der Waals surface area contributed by atoms with Gasteiger partial charge in [0.2, 0.25) is 5.65 Å². The Balaban J connectivity index is 1.64. The number of nitrogens with two attached hydrogens (primary N) is 1. The van der Waals surface area contributed by atoms with E-state index in [4.69, 9.17) is 17.3 Å². The molecule has 0 spiro atoms. The predicted molar refractivity (Wildman–Crippen MR) is 101 cm³/mol. The van der Waals surface area contributed by atoms with E-state index in [2.05, 4.69) is 25.5 Å². The molecule has 0 saturated heterocycles. The zero-order valence-electron chi connectivity index (χ0n) is 14.2.